The summed E-state index contributed by atoms with van der Waals surface area (Å²) >= 11 is 0. The van der Waals surface area contributed by atoms with Crippen molar-refractivity contribution in [2.45, 2.75) is 12.4 Å². The predicted molar refractivity (Wildman–Crippen MR) is 100 cm³/mol. The molecule has 3 rings (SSSR count). The second-order valence-electron chi connectivity index (χ2n) is 6.33. The van der Waals surface area contributed by atoms with Gasteiger partial charge in [-0.05, 0) is 54.6 Å². The highest BCUT2D eigenvalue weighted by Crippen LogP contribution is 2.35. The molecule has 1 aromatic heterocycles. The van der Waals surface area contributed by atoms with Gasteiger partial charge >= 0.3 is 12.4 Å². The van der Waals surface area contributed by atoms with Crippen molar-refractivity contribution in [3.63, 3.8) is 0 Å². The highest BCUT2D eigenvalue weighted by atomic mass is 19.4. The summed E-state index contributed by atoms with van der Waals surface area (Å²) in [4.78, 5) is 14.8. The lowest BCUT2D eigenvalue weighted by atomic mass is 10.2. The number of nitrogens with zero attached hydrogens (tertiary/aromatic N) is 1. The third kappa shape index (κ3) is 5.65. The van der Waals surface area contributed by atoms with E-state index in [-0.39, 0.29) is 17.0 Å². The number of aromatic hydroxyl groups is 1. The van der Waals surface area contributed by atoms with Crippen LogP contribution in [0.3, 0.4) is 0 Å². The van der Waals surface area contributed by atoms with E-state index in [1.165, 1.54) is 48.5 Å². The van der Waals surface area contributed by atoms with E-state index in [0.29, 0.717) is 17.8 Å². The number of carbonyl (C=O) groups excluding carboxylic acids is 1. The molecule has 162 valence electrons. The first-order chi connectivity index (χ1) is 14.4. The summed E-state index contributed by atoms with van der Waals surface area (Å²) in [5.74, 6) is -0.614. The Balaban J connectivity index is 1.78. The highest BCUT2D eigenvalue weighted by Gasteiger charge is 2.38. The molecule has 0 unspecified atom stereocenters. The number of phenolic OH excluding ortho intramolecular Hbond substituents is 1. The molecule has 31 heavy (non-hydrogen) atoms. The molecule has 2 aromatic carbocycles. The number of phenols is 1. The van der Waals surface area contributed by atoms with Crippen LogP contribution in [-0.4, -0.2) is 16.0 Å². The summed E-state index contributed by atoms with van der Waals surface area (Å²) in [6.07, 6.45) is -10.1. The average molecular weight is 441 g/mol. The van der Waals surface area contributed by atoms with E-state index in [2.05, 4.69) is 15.6 Å². The van der Waals surface area contributed by atoms with E-state index >= 15 is 0 Å². The molecule has 0 saturated heterocycles. The van der Waals surface area contributed by atoms with Gasteiger partial charge < -0.3 is 15.7 Å². The van der Waals surface area contributed by atoms with Gasteiger partial charge in [0.15, 0.2) is 0 Å². The van der Waals surface area contributed by atoms with Gasteiger partial charge in [0.2, 0.25) is 0 Å². The number of halogens is 6. The number of aromatic nitrogens is 1. The van der Waals surface area contributed by atoms with Gasteiger partial charge in [0.1, 0.15) is 17.1 Å². The topological polar surface area (TPSA) is 74.2 Å². The molecule has 0 spiro atoms. The molecular formula is C20H13F6N3O2. The van der Waals surface area contributed by atoms with Crippen LogP contribution in [0.1, 0.15) is 21.7 Å². The Morgan fingerprint density at radius 1 is 0.774 bits per heavy atom. The van der Waals surface area contributed by atoms with Crippen LogP contribution in [0.2, 0.25) is 0 Å². The van der Waals surface area contributed by atoms with Gasteiger partial charge in [-0.2, -0.15) is 26.3 Å². The maximum atomic E-state index is 12.9. The monoisotopic (exact) mass is 441 g/mol. The van der Waals surface area contributed by atoms with E-state index in [4.69, 9.17) is 0 Å². The Hall–Kier alpha value is -3.76. The van der Waals surface area contributed by atoms with Crippen molar-refractivity contribution in [2.75, 3.05) is 10.6 Å². The normalized spacial score (nSPS) is 11.8. The number of pyridine rings is 1. The molecule has 5 nitrogen and oxygen atoms in total. The number of hydrogen-bond donors (Lipinski definition) is 3. The molecule has 3 N–H and O–H groups in total. The molecule has 0 saturated carbocycles. The summed E-state index contributed by atoms with van der Waals surface area (Å²) in [5.41, 5.74) is -3.12. The van der Waals surface area contributed by atoms with Gasteiger partial charge in [-0.25, -0.2) is 4.98 Å². The van der Waals surface area contributed by atoms with Gasteiger partial charge in [0, 0.05) is 22.6 Å². The lowest BCUT2D eigenvalue weighted by Crippen LogP contribution is -2.15. The molecule has 0 aliphatic carbocycles. The lowest BCUT2D eigenvalue weighted by molar-refractivity contribution is -0.150. The van der Waals surface area contributed by atoms with Crippen molar-refractivity contribution in [2.24, 2.45) is 0 Å². The number of amides is 1. The molecule has 0 atom stereocenters. The molecule has 0 aliphatic rings. The maximum absolute atomic E-state index is 12.9. The first kappa shape index (κ1) is 21.9. The first-order valence-electron chi connectivity index (χ1n) is 8.56. The van der Waals surface area contributed by atoms with E-state index < -0.39 is 35.3 Å². The second kappa shape index (κ2) is 8.17. The predicted octanol–water partition coefficient (Wildman–Crippen LogP) is 5.82. The van der Waals surface area contributed by atoms with Crippen LogP contribution >= 0.6 is 0 Å². The van der Waals surface area contributed by atoms with Crippen LogP contribution in [0, 0.1) is 0 Å². The minimum absolute atomic E-state index is 0.0963. The quantitative estimate of drug-likeness (QED) is 0.446. The zero-order valence-electron chi connectivity index (χ0n) is 15.3. The summed E-state index contributed by atoms with van der Waals surface area (Å²) < 4.78 is 77.4. The number of benzene rings is 2. The zero-order chi connectivity index (χ0) is 22.8. The Kier molecular flexibility index (Phi) is 5.78. The fraction of sp³-hybridized carbons (Fsp3) is 0.100. The Morgan fingerprint density at radius 3 is 1.84 bits per heavy atom. The van der Waals surface area contributed by atoms with Crippen molar-refractivity contribution < 1.29 is 36.2 Å². The van der Waals surface area contributed by atoms with Gasteiger partial charge in [0.25, 0.3) is 5.91 Å². The zero-order valence-corrected chi connectivity index (χ0v) is 15.3. The fourth-order valence-electron chi connectivity index (χ4n) is 2.55. The largest absolute Gasteiger partial charge is 0.508 e. The van der Waals surface area contributed by atoms with Crippen LogP contribution < -0.4 is 10.6 Å². The van der Waals surface area contributed by atoms with Crippen LogP contribution in [0.15, 0.2) is 60.7 Å². The number of rotatable bonds is 4. The molecular weight excluding hydrogens is 428 g/mol. The molecule has 0 bridgehead atoms. The smallest absolute Gasteiger partial charge is 0.433 e. The number of carbonyl (C=O) groups is 1. The van der Waals surface area contributed by atoms with Crippen molar-refractivity contribution in [1.82, 2.24) is 4.98 Å². The maximum Gasteiger partial charge on any atom is 0.433 e. The summed E-state index contributed by atoms with van der Waals surface area (Å²) in [5, 5.41) is 14.4. The molecule has 11 heteroatoms. The van der Waals surface area contributed by atoms with E-state index in [9.17, 15) is 36.2 Å². The molecule has 0 fully saturated rings. The Labute approximate surface area is 171 Å². The summed E-state index contributed by atoms with van der Waals surface area (Å²) in [7, 11) is 0. The molecule has 1 heterocycles. The van der Waals surface area contributed by atoms with E-state index in [0.717, 1.165) is 0 Å². The third-order valence-corrected chi connectivity index (χ3v) is 3.95. The fourth-order valence-corrected chi connectivity index (χ4v) is 2.55. The number of hydrogen-bond acceptors (Lipinski definition) is 4. The van der Waals surface area contributed by atoms with Gasteiger partial charge in [-0.3, -0.25) is 4.79 Å². The molecule has 0 aliphatic heterocycles. The summed E-state index contributed by atoms with van der Waals surface area (Å²) in [6, 6.07) is 12.1. The van der Waals surface area contributed by atoms with Gasteiger partial charge in [0.05, 0.1) is 0 Å². The van der Waals surface area contributed by atoms with Crippen molar-refractivity contribution in [1.29, 1.82) is 0 Å². The van der Waals surface area contributed by atoms with Crippen LogP contribution in [-0.2, 0) is 12.4 Å². The van der Waals surface area contributed by atoms with Crippen LogP contribution in [0.25, 0.3) is 0 Å². The minimum atomic E-state index is -5.06. The standard InChI is InChI=1S/C20H13F6N3O2/c21-19(22,23)16-9-14(10-17(29-16)20(24,25)26)27-12-4-6-13(7-5-12)28-18(31)11-2-1-3-15(30)8-11/h1-10,30H,(H,27,29)(H,28,31). The molecule has 3 aromatic rings. The Bertz CT molecular complexity index is 1060. The molecule has 1 amide bonds. The van der Waals surface area contributed by atoms with Crippen molar-refractivity contribution >= 4 is 23.0 Å². The first-order valence-corrected chi connectivity index (χ1v) is 8.56. The number of nitrogens with one attached hydrogen (secondary N) is 2. The number of anilines is 3. The Morgan fingerprint density at radius 2 is 1.32 bits per heavy atom. The van der Waals surface area contributed by atoms with E-state index in [1.54, 1.807) is 0 Å². The SMILES string of the molecule is O=C(Nc1ccc(Nc2cc(C(F)(F)F)nc(C(F)(F)F)c2)cc1)c1cccc(O)c1. The summed E-state index contributed by atoms with van der Waals surface area (Å²) in [6.45, 7) is 0. The molecule has 0 radical (unpaired) electrons. The number of alkyl halides is 6. The van der Waals surface area contributed by atoms with Crippen LogP contribution in [0.4, 0.5) is 43.4 Å². The van der Waals surface area contributed by atoms with E-state index in [1.807, 2.05) is 0 Å². The lowest BCUT2D eigenvalue weighted by Gasteiger charge is -2.14. The van der Waals surface area contributed by atoms with Gasteiger partial charge in [-0.15, -0.1) is 0 Å². The average Bonchev–Trinajstić information content (AvgIpc) is 2.68. The van der Waals surface area contributed by atoms with Crippen molar-refractivity contribution in [3.8, 4) is 5.75 Å². The van der Waals surface area contributed by atoms with Crippen LogP contribution in [0.5, 0.6) is 5.75 Å². The minimum Gasteiger partial charge on any atom is -0.508 e. The third-order valence-electron chi connectivity index (χ3n) is 3.95. The highest BCUT2D eigenvalue weighted by molar-refractivity contribution is 6.04. The second-order valence-corrected chi connectivity index (χ2v) is 6.33. The van der Waals surface area contributed by atoms with Crippen molar-refractivity contribution in [3.05, 3.63) is 77.6 Å². The van der Waals surface area contributed by atoms with Gasteiger partial charge in [-0.1, -0.05) is 6.07 Å².